The Balaban J connectivity index is 2.34. The van der Waals surface area contributed by atoms with E-state index in [9.17, 15) is 5.11 Å². The molecule has 0 bridgehead atoms. The molecule has 1 rings (SSSR count). The second-order valence-corrected chi connectivity index (χ2v) is 7.83. The summed E-state index contributed by atoms with van der Waals surface area (Å²) in [6.45, 7) is 8.87. The van der Waals surface area contributed by atoms with Gasteiger partial charge >= 0.3 is 0 Å². The standard InChI is InChI=1S/C17H37N3O/c1-15(2)18-16(3,14-21)9-8-12-20(6)13-17(19(4)5)10-7-11-17/h15,18,21H,7-14H2,1-6H3. The molecule has 1 atom stereocenters. The van der Waals surface area contributed by atoms with E-state index in [4.69, 9.17) is 0 Å². The average molecular weight is 300 g/mol. The van der Waals surface area contributed by atoms with Crippen molar-refractivity contribution in [1.29, 1.82) is 0 Å². The molecule has 4 nitrogen and oxygen atoms in total. The molecule has 0 radical (unpaired) electrons. The van der Waals surface area contributed by atoms with Crippen molar-refractivity contribution in [3.8, 4) is 0 Å². The Labute approximate surface area is 131 Å². The van der Waals surface area contributed by atoms with Crippen LogP contribution in [0.3, 0.4) is 0 Å². The lowest BCUT2D eigenvalue weighted by atomic mass is 9.75. The van der Waals surface area contributed by atoms with Crippen molar-refractivity contribution < 1.29 is 5.11 Å². The fourth-order valence-corrected chi connectivity index (χ4v) is 3.55. The highest BCUT2D eigenvalue weighted by Crippen LogP contribution is 2.36. The maximum atomic E-state index is 9.62. The molecule has 126 valence electrons. The molecule has 0 aromatic rings. The highest BCUT2D eigenvalue weighted by molar-refractivity contribution is 4.97. The quantitative estimate of drug-likeness (QED) is 0.646. The van der Waals surface area contributed by atoms with Gasteiger partial charge in [-0.3, -0.25) is 0 Å². The molecule has 4 heteroatoms. The van der Waals surface area contributed by atoms with Gasteiger partial charge in [0.1, 0.15) is 0 Å². The zero-order valence-corrected chi connectivity index (χ0v) is 15.1. The van der Waals surface area contributed by atoms with Gasteiger partial charge < -0.3 is 20.2 Å². The van der Waals surface area contributed by atoms with Gasteiger partial charge in [-0.25, -0.2) is 0 Å². The zero-order valence-electron chi connectivity index (χ0n) is 15.1. The van der Waals surface area contributed by atoms with Crippen LogP contribution in [0.2, 0.25) is 0 Å². The van der Waals surface area contributed by atoms with Crippen molar-refractivity contribution in [2.24, 2.45) is 0 Å². The van der Waals surface area contributed by atoms with Gasteiger partial charge in [-0.2, -0.15) is 0 Å². The molecule has 0 saturated heterocycles. The average Bonchev–Trinajstić information content (AvgIpc) is 2.32. The Kier molecular flexibility index (Phi) is 7.11. The summed E-state index contributed by atoms with van der Waals surface area (Å²) in [7, 11) is 6.65. The van der Waals surface area contributed by atoms with Crippen LogP contribution in [0.25, 0.3) is 0 Å². The molecule has 1 unspecified atom stereocenters. The summed E-state index contributed by atoms with van der Waals surface area (Å²) in [4.78, 5) is 4.87. The van der Waals surface area contributed by atoms with E-state index in [2.05, 4.69) is 57.0 Å². The fourth-order valence-electron chi connectivity index (χ4n) is 3.55. The Morgan fingerprint density at radius 2 is 1.86 bits per heavy atom. The molecule has 1 aliphatic carbocycles. The number of aliphatic hydroxyl groups is 1. The molecule has 0 aromatic heterocycles. The second-order valence-electron chi connectivity index (χ2n) is 7.83. The number of hydrogen-bond donors (Lipinski definition) is 2. The van der Waals surface area contributed by atoms with Crippen molar-refractivity contribution in [2.75, 3.05) is 40.8 Å². The summed E-state index contributed by atoms with van der Waals surface area (Å²) < 4.78 is 0. The second kappa shape index (κ2) is 7.91. The SMILES string of the molecule is CC(C)NC(C)(CO)CCCN(C)CC1(N(C)C)CCC1. The third kappa shape index (κ3) is 5.51. The molecule has 2 N–H and O–H groups in total. The third-order valence-electron chi connectivity index (χ3n) is 5.05. The summed E-state index contributed by atoms with van der Waals surface area (Å²) >= 11 is 0. The van der Waals surface area contributed by atoms with Gasteiger partial charge in [0.25, 0.3) is 0 Å². The van der Waals surface area contributed by atoms with Gasteiger partial charge in [-0.15, -0.1) is 0 Å². The lowest BCUT2D eigenvalue weighted by Gasteiger charge is -2.49. The zero-order chi connectivity index (χ0) is 16.1. The van der Waals surface area contributed by atoms with Gasteiger partial charge in [-0.05, 0) is 66.7 Å². The van der Waals surface area contributed by atoms with Crippen LogP contribution in [0.1, 0.15) is 52.9 Å². The van der Waals surface area contributed by atoms with Crippen LogP contribution in [0.5, 0.6) is 0 Å². The van der Waals surface area contributed by atoms with Crippen LogP contribution in [0.15, 0.2) is 0 Å². The molecule has 0 heterocycles. The van der Waals surface area contributed by atoms with Crippen molar-refractivity contribution >= 4 is 0 Å². The summed E-state index contributed by atoms with van der Waals surface area (Å²) in [6, 6.07) is 0.409. The third-order valence-corrected chi connectivity index (χ3v) is 5.05. The van der Waals surface area contributed by atoms with Crippen molar-refractivity contribution in [3.05, 3.63) is 0 Å². The topological polar surface area (TPSA) is 38.7 Å². The molecule has 0 amide bonds. The number of nitrogens with one attached hydrogen (secondary N) is 1. The van der Waals surface area contributed by atoms with Gasteiger partial charge in [-0.1, -0.05) is 13.8 Å². The highest BCUT2D eigenvalue weighted by Gasteiger charge is 2.39. The van der Waals surface area contributed by atoms with E-state index in [1.165, 1.54) is 19.3 Å². The van der Waals surface area contributed by atoms with E-state index in [0.717, 1.165) is 25.9 Å². The predicted octanol–water partition coefficient (Wildman–Crippen LogP) is 1.93. The Bertz CT molecular complexity index is 302. The maximum Gasteiger partial charge on any atom is 0.0610 e. The minimum Gasteiger partial charge on any atom is -0.394 e. The Morgan fingerprint density at radius 3 is 2.24 bits per heavy atom. The van der Waals surface area contributed by atoms with E-state index in [0.29, 0.717) is 11.6 Å². The first-order valence-electron chi connectivity index (χ1n) is 8.48. The van der Waals surface area contributed by atoms with Crippen LogP contribution in [-0.2, 0) is 0 Å². The molecule has 21 heavy (non-hydrogen) atoms. The number of nitrogens with zero attached hydrogens (tertiary/aromatic N) is 2. The number of rotatable bonds is 10. The molecule has 0 spiro atoms. The lowest BCUT2D eigenvalue weighted by molar-refractivity contribution is 0.0266. The Hall–Kier alpha value is -0.160. The first kappa shape index (κ1) is 18.9. The summed E-state index contributed by atoms with van der Waals surface area (Å²) in [5.41, 5.74) is 0.260. The van der Waals surface area contributed by atoms with Crippen LogP contribution in [0, 0.1) is 0 Å². The van der Waals surface area contributed by atoms with Crippen molar-refractivity contribution in [1.82, 2.24) is 15.1 Å². The Morgan fingerprint density at radius 1 is 1.24 bits per heavy atom. The molecule has 1 saturated carbocycles. The highest BCUT2D eigenvalue weighted by atomic mass is 16.3. The van der Waals surface area contributed by atoms with Crippen molar-refractivity contribution in [2.45, 2.75) is 70.0 Å². The van der Waals surface area contributed by atoms with E-state index in [1.807, 2.05) is 0 Å². The van der Waals surface area contributed by atoms with Gasteiger partial charge in [0.05, 0.1) is 6.61 Å². The van der Waals surface area contributed by atoms with E-state index >= 15 is 0 Å². The van der Waals surface area contributed by atoms with Crippen molar-refractivity contribution in [3.63, 3.8) is 0 Å². The molecule has 0 aromatic carbocycles. The monoisotopic (exact) mass is 299 g/mol. The molecular formula is C17H37N3O. The van der Waals surface area contributed by atoms with Crippen LogP contribution in [-0.4, -0.2) is 72.9 Å². The maximum absolute atomic E-state index is 9.62. The van der Waals surface area contributed by atoms with Gasteiger partial charge in [0.2, 0.25) is 0 Å². The fraction of sp³-hybridized carbons (Fsp3) is 1.00. The van der Waals surface area contributed by atoms with Crippen LogP contribution >= 0.6 is 0 Å². The van der Waals surface area contributed by atoms with E-state index < -0.39 is 0 Å². The van der Waals surface area contributed by atoms with Crippen LogP contribution < -0.4 is 5.32 Å². The van der Waals surface area contributed by atoms with Gasteiger partial charge in [0, 0.05) is 23.7 Å². The minimum absolute atomic E-state index is 0.148. The molecular weight excluding hydrogens is 262 g/mol. The molecule has 1 fully saturated rings. The van der Waals surface area contributed by atoms with E-state index in [-0.39, 0.29) is 12.1 Å². The molecule has 1 aliphatic rings. The smallest absolute Gasteiger partial charge is 0.0610 e. The lowest BCUT2D eigenvalue weighted by Crippen LogP contribution is -2.56. The normalized spacial score (nSPS) is 20.9. The first-order valence-corrected chi connectivity index (χ1v) is 8.48. The number of likely N-dealkylation sites (N-methyl/N-ethyl adjacent to an activating group) is 2. The predicted molar refractivity (Wildman–Crippen MR) is 90.8 cm³/mol. The van der Waals surface area contributed by atoms with E-state index in [1.54, 1.807) is 0 Å². The number of hydrogen-bond acceptors (Lipinski definition) is 4. The number of aliphatic hydroxyl groups excluding tert-OH is 1. The molecule has 0 aliphatic heterocycles. The van der Waals surface area contributed by atoms with Gasteiger partial charge in [0.15, 0.2) is 0 Å². The largest absolute Gasteiger partial charge is 0.394 e. The first-order chi connectivity index (χ1) is 9.73. The summed E-state index contributed by atoms with van der Waals surface area (Å²) in [6.07, 6.45) is 6.16. The summed E-state index contributed by atoms with van der Waals surface area (Å²) in [5.74, 6) is 0. The summed E-state index contributed by atoms with van der Waals surface area (Å²) in [5, 5.41) is 13.1. The van der Waals surface area contributed by atoms with Crippen LogP contribution in [0.4, 0.5) is 0 Å². The minimum atomic E-state index is -0.148.